The summed E-state index contributed by atoms with van der Waals surface area (Å²) in [5.41, 5.74) is 2.73. The first-order valence-electron chi connectivity index (χ1n) is 10.9. The fourth-order valence-corrected chi connectivity index (χ4v) is 4.13. The molecule has 33 heavy (non-hydrogen) atoms. The second kappa shape index (κ2) is 10.5. The van der Waals surface area contributed by atoms with Crippen LogP contribution in [0.4, 0.5) is 10.1 Å². The predicted octanol–water partition coefficient (Wildman–Crippen LogP) is 4.81. The first-order chi connectivity index (χ1) is 16.0. The minimum atomic E-state index is -0.326. The molecule has 0 spiro atoms. The summed E-state index contributed by atoms with van der Waals surface area (Å²) in [6, 6.07) is 20.6. The number of piperidine rings is 1. The van der Waals surface area contributed by atoms with Crippen molar-refractivity contribution in [1.82, 2.24) is 10.6 Å². The number of carbonyl (C=O) groups is 2. The molecule has 1 fully saturated rings. The highest BCUT2D eigenvalue weighted by atomic mass is 35.5. The van der Waals surface area contributed by atoms with E-state index < -0.39 is 0 Å². The summed E-state index contributed by atoms with van der Waals surface area (Å²) < 4.78 is 13.4. The van der Waals surface area contributed by atoms with Gasteiger partial charge in [-0.2, -0.15) is 0 Å². The maximum atomic E-state index is 13.4. The van der Waals surface area contributed by atoms with E-state index in [-0.39, 0.29) is 30.2 Å². The molecule has 0 aromatic heterocycles. The van der Waals surface area contributed by atoms with Gasteiger partial charge in [-0.15, -0.1) is 0 Å². The van der Waals surface area contributed by atoms with Gasteiger partial charge in [0.1, 0.15) is 5.82 Å². The van der Waals surface area contributed by atoms with Crippen LogP contribution < -0.4 is 15.5 Å². The lowest BCUT2D eigenvalue weighted by Crippen LogP contribution is -2.45. The van der Waals surface area contributed by atoms with E-state index in [4.69, 9.17) is 11.6 Å². The van der Waals surface area contributed by atoms with E-state index >= 15 is 0 Å². The average molecular weight is 466 g/mol. The molecular formula is C26H25ClFN3O2. The van der Waals surface area contributed by atoms with E-state index in [2.05, 4.69) is 15.5 Å². The van der Waals surface area contributed by atoms with E-state index in [1.54, 1.807) is 42.5 Å². The SMILES string of the molecule is O=C(NC1CCN(c2ccccc2C(=O)NCc2cccc(F)c2)CC1)c1ccc(Cl)cc1. The molecule has 4 rings (SSSR count). The average Bonchev–Trinajstić information content (AvgIpc) is 2.83. The smallest absolute Gasteiger partial charge is 0.253 e. The number of amides is 2. The second-order valence-corrected chi connectivity index (χ2v) is 8.51. The summed E-state index contributed by atoms with van der Waals surface area (Å²) in [4.78, 5) is 27.5. The fourth-order valence-electron chi connectivity index (χ4n) is 4.00. The molecule has 0 radical (unpaired) electrons. The van der Waals surface area contributed by atoms with Gasteiger partial charge in [-0.25, -0.2) is 4.39 Å². The highest BCUT2D eigenvalue weighted by molar-refractivity contribution is 6.30. The number of carbonyl (C=O) groups excluding carboxylic acids is 2. The van der Waals surface area contributed by atoms with Crippen LogP contribution >= 0.6 is 11.6 Å². The largest absolute Gasteiger partial charge is 0.371 e. The number of benzene rings is 3. The highest BCUT2D eigenvalue weighted by Gasteiger charge is 2.24. The van der Waals surface area contributed by atoms with Crippen LogP contribution in [0.25, 0.3) is 0 Å². The van der Waals surface area contributed by atoms with Crippen molar-refractivity contribution < 1.29 is 14.0 Å². The molecule has 1 heterocycles. The molecule has 1 saturated heterocycles. The van der Waals surface area contributed by atoms with Crippen molar-refractivity contribution in [2.75, 3.05) is 18.0 Å². The quantitative estimate of drug-likeness (QED) is 0.549. The van der Waals surface area contributed by atoms with E-state index in [0.717, 1.165) is 31.6 Å². The number of hydrogen-bond acceptors (Lipinski definition) is 3. The van der Waals surface area contributed by atoms with Gasteiger partial charge in [0.25, 0.3) is 11.8 Å². The molecule has 2 N–H and O–H groups in total. The zero-order chi connectivity index (χ0) is 23.2. The van der Waals surface area contributed by atoms with Crippen molar-refractivity contribution in [3.63, 3.8) is 0 Å². The van der Waals surface area contributed by atoms with Gasteiger partial charge in [0.2, 0.25) is 0 Å². The Balaban J connectivity index is 1.35. The molecule has 170 valence electrons. The predicted molar refractivity (Wildman–Crippen MR) is 128 cm³/mol. The molecule has 0 unspecified atom stereocenters. The number of para-hydroxylation sites is 1. The maximum Gasteiger partial charge on any atom is 0.253 e. The van der Waals surface area contributed by atoms with Gasteiger partial charge in [0.15, 0.2) is 0 Å². The molecule has 1 aliphatic heterocycles. The maximum absolute atomic E-state index is 13.4. The third-order valence-electron chi connectivity index (χ3n) is 5.77. The lowest BCUT2D eigenvalue weighted by Gasteiger charge is -2.35. The molecule has 7 heteroatoms. The van der Waals surface area contributed by atoms with E-state index in [1.165, 1.54) is 12.1 Å². The third-order valence-corrected chi connectivity index (χ3v) is 6.02. The summed E-state index contributed by atoms with van der Waals surface area (Å²) >= 11 is 5.89. The van der Waals surface area contributed by atoms with Gasteiger partial charge in [-0.1, -0.05) is 35.9 Å². The van der Waals surface area contributed by atoms with Crippen LogP contribution in [-0.2, 0) is 6.54 Å². The molecule has 0 saturated carbocycles. The number of rotatable bonds is 6. The van der Waals surface area contributed by atoms with Crippen LogP contribution in [0.5, 0.6) is 0 Å². The van der Waals surface area contributed by atoms with Crippen molar-refractivity contribution in [2.24, 2.45) is 0 Å². The molecule has 5 nitrogen and oxygen atoms in total. The first-order valence-corrected chi connectivity index (χ1v) is 11.3. The van der Waals surface area contributed by atoms with Crippen molar-refractivity contribution in [3.8, 4) is 0 Å². The number of nitrogens with zero attached hydrogens (tertiary/aromatic N) is 1. The van der Waals surface area contributed by atoms with Gasteiger partial charge in [-0.05, 0) is 66.9 Å². The normalized spacial score (nSPS) is 14.1. The van der Waals surface area contributed by atoms with Crippen LogP contribution in [0.15, 0.2) is 72.8 Å². The Bertz CT molecular complexity index is 1130. The van der Waals surface area contributed by atoms with Gasteiger partial charge in [0.05, 0.1) is 5.56 Å². The minimum Gasteiger partial charge on any atom is -0.371 e. The van der Waals surface area contributed by atoms with E-state index in [9.17, 15) is 14.0 Å². The van der Waals surface area contributed by atoms with Crippen molar-refractivity contribution in [2.45, 2.75) is 25.4 Å². The number of hydrogen-bond donors (Lipinski definition) is 2. The Morgan fingerprint density at radius 2 is 1.67 bits per heavy atom. The lowest BCUT2D eigenvalue weighted by atomic mass is 10.0. The van der Waals surface area contributed by atoms with Crippen LogP contribution in [0.1, 0.15) is 39.1 Å². The third kappa shape index (κ3) is 5.90. The highest BCUT2D eigenvalue weighted by Crippen LogP contribution is 2.25. The molecule has 0 atom stereocenters. The topological polar surface area (TPSA) is 61.4 Å². The molecule has 3 aromatic carbocycles. The molecule has 0 bridgehead atoms. The molecule has 3 aromatic rings. The van der Waals surface area contributed by atoms with Crippen molar-refractivity contribution >= 4 is 29.1 Å². The Morgan fingerprint density at radius 1 is 0.939 bits per heavy atom. The standard InChI is InChI=1S/C26H25ClFN3O2/c27-20-10-8-19(9-11-20)25(32)30-22-12-14-31(15-13-22)24-7-2-1-6-23(24)26(33)29-17-18-4-3-5-21(28)16-18/h1-11,16,22H,12-15,17H2,(H,29,33)(H,30,32). The summed E-state index contributed by atoms with van der Waals surface area (Å²) in [5.74, 6) is -0.636. The molecule has 1 aliphatic rings. The van der Waals surface area contributed by atoms with Crippen LogP contribution in [0.3, 0.4) is 0 Å². The zero-order valence-corrected chi connectivity index (χ0v) is 18.8. The van der Waals surface area contributed by atoms with Crippen molar-refractivity contribution in [3.05, 3.63) is 100 Å². The molecule has 2 amide bonds. The molecule has 0 aliphatic carbocycles. The zero-order valence-electron chi connectivity index (χ0n) is 18.1. The van der Waals surface area contributed by atoms with Crippen LogP contribution in [0, 0.1) is 5.82 Å². The Morgan fingerprint density at radius 3 is 2.39 bits per heavy atom. The summed E-state index contributed by atoms with van der Waals surface area (Å²) in [6.45, 7) is 1.70. The first kappa shape index (κ1) is 22.8. The fraction of sp³-hybridized carbons (Fsp3) is 0.231. The Hall–Kier alpha value is -3.38. The van der Waals surface area contributed by atoms with Crippen molar-refractivity contribution in [1.29, 1.82) is 0 Å². The van der Waals surface area contributed by atoms with E-state index in [1.807, 2.05) is 18.2 Å². The Labute approximate surface area is 197 Å². The lowest BCUT2D eigenvalue weighted by molar-refractivity contribution is 0.0929. The van der Waals surface area contributed by atoms with E-state index in [0.29, 0.717) is 21.7 Å². The summed E-state index contributed by atoms with van der Waals surface area (Å²) in [5, 5.41) is 6.56. The number of halogens is 2. The monoisotopic (exact) mass is 465 g/mol. The van der Waals surface area contributed by atoms with Gasteiger partial charge in [-0.3, -0.25) is 9.59 Å². The van der Waals surface area contributed by atoms with Gasteiger partial charge in [0, 0.05) is 41.9 Å². The second-order valence-electron chi connectivity index (χ2n) is 8.07. The van der Waals surface area contributed by atoms with Crippen LogP contribution in [-0.4, -0.2) is 30.9 Å². The molecular weight excluding hydrogens is 441 g/mol. The Kier molecular flexibility index (Phi) is 7.25. The van der Waals surface area contributed by atoms with Gasteiger partial charge < -0.3 is 15.5 Å². The summed E-state index contributed by atoms with van der Waals surface area (Å²) in [7, 11) is 0. The summed E-state index contributed by atoms with van der Waals surface area (Å²) in [6.07, 6.45) is 1.55. The minimum absolute atomic E-state index is 0.0680. The van der Waals surface area contributed by atoms with Crippen LogP contribution in [0.2, 0.25) is 5.02 Å². The van der Waals surface area contributed by atoms with Gasteiger partial charge >= 0.3 is 0 Å². The number of anilines is 1. The number of nitrogens with one attached hydrogen (secondary N) is 2.